The Bertz CT molecular complexity index is 1130. The van der Waals surface area contributed by atoms with Gasteiger partial charge >= 0.3 is 0 Å². The molecule has 0 aliphatic rings. The third kappa shape index (κ3) is 5.60. The minimum atomic E-state index is -0.459. The molecule has 32 heavy (non-hydrogen) atoms. The fraction of sp³-hybridized carbons (Fsp3) is 0.250. The van der Waals surface area contributed by atoms with Gasteiger partial charge in [0.05, 0.1) is 23.3 Å². The highest BCUT2D eigenvalue weighted by Crippen LogP contribution is 2.30. The Morgan fingerprint density at radius 1 is 1.16 bits per heavy atom. The molecule has 168 valence electrons. The van der Waals surface area contributed by atoms with E-state index < -0.39 is 5.91 Å². The highest BCUT2D eigenvalue weighted by atomic mass is 16.5. The average Bonchev–Trinajstić information content (AvgIpc) is 2.79. The molecule has 0 aliphatic carbocycles. The van der Waals surface area contributed by atoms with Crippen molar-refractivity contribution in [2.45, 2.75) is 34.1 Å². The SMILES string of the molecule is CC.CCc1cc(-c2cc(Oc3cnc(C(C)=N)c(NC)c3)cc(N)n2)ccc1C(N)=O. The van der Waals surface area contributed by atoms with Crippen molar-refractivity contribution in [3.05, 3.63) is 59.4 Å². The quantitative estimate of drug-likeness (QED) is 0.400. The van der Waals surface area contributed by atoms with Crippen LogP contribution in [0.3, 0.4) is 0 Å². The van der Waals surface area contributed by atoms with Crippen LogP contribution >= 0.6 is 0 Å². The number of rotatable bonds is 7. The molecule has 1 aromatic carbocycles. The number of anilines is 2. The predicted molar refractivity (Wildman–Crippen MR) is 130 cm³/mol. The van der Waals surface area contributed by atoms with Gasteiger partial charge in [0.25, 0.3) is 0 Å². The van der Waals surface area contributed by atoms with Crippen molar-refractivity contribution in [3.63, 3.8) is 0 Å². The van der Waals surface area contributed by atoms with Crippen LogP contribution in [-0.2, 0) is 6.42 Å². The first-order valence-electron chi connectivity index (χ1n) is 10.4. The number of hydrogen-bond donors (Lipinski definition) is 4. The molecule has 0 fully saturated rings. The Hall–Kier alpha value is -3.94. The second-order valence-corrected chi connectivity index (χ2v) is 6.75. The van der Waals surface area contributed by atoms with Crippen molar-refractivity contribution in [3.8, 4) is 22.8 Å². The largest absolute Gasteiger partial charge is 0.455 e. The number of nitrogens with one attached hydrogen (secondary N) is 2. The number of ether oxygens (including phenoxy) is 1. The van der Waals surface area contributed by atoms with Crippen LogP contribution in [0.2, 0.25) is 0 Å². The van der Waals surface area contributed by atoms with Gasteiger partial charge in [0.1, 0.15) is 23.0 Å². The number of pyridine rings is 2. The second kappa shape index (κ2) is 10.9. The molecule has 0 bridgehead atoms. The number of carbonyl (C=O) groups is 1. The third-order valence-electron chi connectivity index (χ3n) is 4.59. The normalized spacial score (nSPS) is 10.0. The minimum absolute atomic E-state index is 0.299. The maximum atomic E-state index is 11.6. The third-order valence-corrected chi connectivity index (χ3v) is 4.59. The lowest BCUT2D eigenvalue weighted by Gasteiger charge is -2.13. The number of amides is 1. The highest BCUT2D eigenvalue weighted by Gasteiger charge is 2.12. The molecule has 3 rings (SSSR count). The van der Waals surface area contributed by atoms with Gasteiger partial charge in [-0.05, 0) is 31.0 Å². The monoisotopic (exact) mass is 434 g/mol. The molecule has 0 unspecified atom stereocenters. The average molecular weight is 435 g/mol. The smallest absolute Gasteiger partial charge is 0.248 e. The molecule has 0 saturated carbocycles. The Labute approximate surface area is 188 Å². The fourth-order valence-electron chi connectivity index (χ4n) is 3.15. The topological polar surface area (TPSA) is 140 Å². The molecule has 2 aromatic heterocycles. The number of nitrogens with two attached hydrogens (primary N) is 2. The van der Waals surface area contributed by atoms with Gasteiger partial charge in [-0.3, -0.25) is 4.79 Å². The van der Waals surface area contributed by atoms with Gasteiger partial charge in [-0.25, -0.2) is 9.97 Å². The summed E-state index contributed by atoms with van der Waals surface area (Å²) in [4.78, 5) is 20.3. The summed E-state index contributed by atoms with van der Waals surface area (Å²) >= 11 is 0. The van der Waals surface area contributed by atoms with Gasteiger partial charge in [0, 0.05) is 36.4 Å². The molecule has 3 aromatic rings. The Morgan fingerprint density at radius 2 is 1.88 bits per heavy atom. The fourth-order valence-corrected chi connectivity index (χ4v) is 3.15. The Balaban J connectivity index is 0.00000176. The number of carbonyl (C=O) groups excluding carboxylic acids is 1. The summed E-state index contributed by atoms with van der Waals surface area (Å²) < 4.78 is 5.95. The molecule has 6 N–H and O–H groups in total. The van der Waals surface area contributed by atoms with E-state index in [0.717, 1.165) is 11.1 Å². The lowest BCUT2D eigenvalue weighted by Crippen LogP contribution is -2.13. The zero-order valence-corrected chi connectivity index (χ0v) is 19.1. The zero-order chi connectivity index (χ0) is 23.8. The molecular formula is C24H30N6O2. The van der Waals surface area contributed by atoms with E-state index in [1.165, 1.54) is 0 Å². The molecule has 0 radical (unpaired) electrons. The van der Waals surface area contributed by atoms with Crippen LogP contribution in [0.1, 0.15) is 49.3 Å². The van der Waals surface area contributed by atoms with E-state index >= 15 is 0 Å². The molecular weight excluding hydrogens is 404 g/mol. The van der Waals surface area contributed by atoms with Crippen molar-refractivity contribution < 1.29 is 9.53 Å². The number of benzene rings is 1. The summed E-state index contributed by atoms with van der Waals surface area (Å²) in [7, 11) is 1.76. The molecule has 0 spiro atoms. The van der Waals surface area contributed by atoms with Gasteiger partial charge in [-0.15, -0.1) is 0 Å². The van der Waals surface area contributed by atoms with Gasteiger partial charge in [0.15, 0.2) is 0 Å². The predicted octanol–water partition coefficient (Wildman–Crippen LogP) is 4.64. The van der Waals surface area contributed by atoms with Gasteiger partial charge in [-0.1, -0.05) is 26.8 Å². The van der Waals surface area contributed by atoms with Crippen LogP contribution in [0, 0.1) is 5.41 Å². The lowest BCUT2D eigenvalue weighted by atomic mass is 9.99. The Kier molecular flexibility index (Phi) is 8.29. The molecule has 1 amide bonds. The van der Waals surface area contributed by atoms with Crippen LogP contribution in [-0.4, -0.2) is 28.6 Å². The molecule has 0 saturated heterocycles. The second-order valence-electron chi connectivity index (χ2n) is 6.75. The van der Waals surface area contributed by atoms with Crippen molar-refractivity contribution in [1.29, 1.82) is 5.41 Å². The summed E-state index contributed by atoms with van der Waals surface area (Å²) in [5.74, 6) is 0.838. The van der Waals surface area contributed by atoms with Gasteiger partial charge in [0.2, 0.25) is 5.91 Å². The number of primary amides is 1. The van der Waals surface area contributed by atoms with E-state index in [2.05, 4.69) is 15.3 Å². The molecule has 0 aliphatic heterocycles. The van der Waals surface area contributed by atoms with E-state index in [0.29, 0.717) is 52.1 Å². The van der Waals surface area contributed by atoms with Crippen molar-refractivity contribution in [2.24, 2.45) is 5.73 Å². The summed E-state index contributed by atoms with van der Waals surface area (Å²) in [6, 6.07) is 10.5. The summed E-state index contributed by atoms with van der Waals surface area (Å²) in [5.41, 5.74) is 15.8. The van der Waals surface area contributed by atoms with E-state index in [-0.39, 0.29) is 0 Å². The summed E-state index contributed by atoms with van der Waals surface area (Å²) in [6.07, 6.45) is 2.22. The standard InChI is InChI=1S/C22H24N6O2.C2H6/c1-4-13-7-14(5-6-17(13)22(25)29)18-8-15(10-20(24)28-18)30-16-9-19(26-3)21(12(2)23)27-11-16;1-2/h5-11,23,26H,4H2,1-3H3,(H2,24,28)(H2,25,29);1-2H3. The van der Waals surface area contributed by atoms with Gasteiger partial charge < -0.3 is 26.9 Å². The number of aromatic nitrogens is 2. The van der Waals surface area contributed by atoms with Gasteiger partial charge in [-0.2, -0.15) is 0 Å². The van der Waals surface area contributed by atoms with Crippen LogP contribution < -0.4 is 21.5 Å². The van der Waals surface area contributed by atoms with Crippen LogP contribution in [0.5, 0.6) is 11.5 Å². The number of aryl methyl sites for hydroxylation is 1. The molecule has 8 nitrogen and oxygen atoms in total. The van der Waals surface area contributed by atoms with Crippen LogP contribution in [0.15, 0.2) is 42.6 Å². The van der Waals surface area contributed by atoms with Crippen molar-refractivity contribution >= 4 is 23.1 Å². The maximum Gasteiger partial charge on any atom is 0.248 e. The first kappa shape index (κ1) is 24.3. The number of hydrogen-bond acceptors (Lipinski definition) is 7. The first-order chi connectivity index (χ1) is 15.3. The lowest BCUT2D eigenvalue weighted by molar-refractivity contribution is 0.0999. The van der Waals surface area contributed by atoms with Crippen molar-refractivity contribution in [2.75, 3.05) is 18.1 Å². The molecule has 0 atom stereocenters. The Morgan fingerprint density at radius 3 is 2.47 bits per heavy atom. The minimum Gasteiger partial charge on any atom is -0.455 e. The van der Waals surface area contributed by atoms with Crippen LogP contribution in [0.4, 0.5) is 11.5 Å². The number of nitrogens with zero attached hydrogens (tertiary/aromatic N) is 2. The van der Waals surface area contributed by atoms with E-state index in [9.17, 15) is 4.79 Å². The zero-order valence-electron chi connectivity index (χ0n) is 19.1. The maximum absolute atomic E-state index is 11.6. The summed E-state index contributed by atoms with van der Waals surface area (Å²) in [6.45, 7) is 7.63. The number of nitrogen functional groups attached to an aromatic ring is 1. The molecule has 8 heteroatoms. The highest BCUT2D eigenvalue weighted by molar-refractivity contribution is 5.99. The molecule has 2 heterocycles. The first-order valence-corrected chi connectivity index (χ1v) is 10.4. The summed E-state index contributed by atoms with van der Waals surface area (Å²) in [5, 5.41) is 10.8. The van der Waals surface area contributed by atoms with Crippen LogP contribution in [0.25, 0.3) is 11.3 Å². The van der Waals surface area contributed by atoms with E-state index in [1.807, 2.05) is 26.8 Å². The van der Waals surface area contributed by atoms with E-state index in [4.69, 9.17) is 21.6 Å². The van der Waals surface area contributed by atoms with E-state index in [1.54, 1.807) is 50.5 Å². The van der Waals surface area contributed by atoms with Crippen molar-refractivity contribution in [1.82, 2.24) is 9.97 Å².